The zero-order valence-corrected chi connectivity index (χ0v) is 16.5. The Bertz CT molecular complexity index is 808. The van der Waals surface area contributed by atoms with E-state index in [0.29, 0.717) is 17.8 Å². The number of piperazine rings is 1. The second kappa shape index (κ2) is 9.77. The van der Waals surface area contributed by atoms with Gasteiger partial charge in [0.2, 0.25) is 5.91 Å². The Hall–Kier alpha value is -2.84. The van der Waals surface area contributed by atoms with Crippen molar-refractivity contribution in [2.75, 3.05) is 57.7 Å². The van der Waals surface area contributed by atoms with E-state index in [0.717, 1.165) is 37.6 Å². The molecule has 0 radical (unpaired) electrons. The summed E-state index contributed by atoms with van der Waals surface area (Å²) in [6.07, 6.45) is 2.31. The van der Waals surface area contributed by atoms with Crippen molar-refractivity contribution in [1.82, 2.24) is 25.4 Å². The monoisotopic (exact) mass is 421 g/mol. The fourth-order valence-corrected chi connectivity index (χ4v) is 3.56. The van der Waals surface area contributed by atoms with E-state index in [4.69, 9.17) is 5.26 Å². The maximum absolute atomic E-state index is 13.5. The average molecular weight is 421 g/mol. The first-order valence-corrected chi connectivity index (χ1v) is 9.86. The SMILES string of the molecule is N#C[C@@H]1CC(F)(F)CN1C(=O)CNC(=O)c1ccncc1NCCN1CCNCC1. The molecule has 30 heavy (non-hydrogen) atoms. The summed E-state index contributed by atoms with van der Waals surface area (Å²) >= 11 is 0. The number of carbonyl (C=O) groups excluding carboxylic acids is 2. The predicted molar refractivity (Wildman–Crippen MR) is 105 cm³/mol. The molecule has 9 nitrogen and oxygen atoms in total. The third kappa shape index (κ3) is 5.61. The lowest BCUT2D eigenvalue weighted by atomic mass is 10.2. The summed E-state index contributed by atoms with van der Waals surface area (Å²) in [7, 11) is 0. The normalized spacial score (nSPS) is 21.1. The lowest BCUT2D eigenvalue weighted by Crippen LogP contribution is -2.45. The number of amides is 2. The van der Waals surface area contributed by atoms with Crippen molar-refractivity contribution in [2.24, 2.45) is 0 Å². The molecule has 2 fully saturated rings. The maximum Gasteiger partial charge on any atom is 0.268 e. The van der Waals surface area contributed by atoms with Gasteiger partial charge in [-0.1, -0.05) is 0 Å². The first-order valence-electron chi connectivity index (χ1n) is 9.86. The molecule has 3 rings (SSSR count). The Morgan fingerprint density at radius 3 is 2.87 bits per heavy atom. The van der Waals surface area contributed by atoms with E-state index in [1.54, 1.807) is 6.07 Å². The van der Waals surface area contributed by atoms with Crippen molar-refractivity contribution in [3.8, 4) is 6.07 Å². The fraction of sp³-hybridized carbons (Fsp3) is 0.579. The van der Waals surface area contributed by atoms with E-state index in [2.05, 4.69) is 25.8 Å². The van der Waals surface area contributed by atoms with E-state index in [1.165, 1.54) is 18.5 Å². The summed E-state index contributed by atoms with van der Waals surface area (Å²) in [5.74, 6) is -4.32. The van der Waals surface area contributed by atoms with Gasteiger partial charge in [0.25, 0.3) is 11.8 Å². The molecule has 0 aliphatic carbocycles. The Morgan fingerprint density at radius 2 is 2.13 bits per heavy atom. The molecule has 0 unspecified atom stereocenters. The Balaban J connectivity index is 1.52. The van der Waals surface area contributed by atoms with Gasteiger partial charge in [-0.2, -0.15) is 5.26 Å². The highest BCUT2D eigenvalue weighted by Crippen LogP contribution is 2.31. The minimum atomic E-state index is -3.09. The number of nitriles is 1. The van der Waals surface area contributed by atoms with Gasteiger partial charge in [-0.15, -0.1) is 0 Å². The van der Waals surface area contributed by atoms with Crippen LogP contribution < -0.4 is 16.0 Å². The number of hydrogen-bond donors (Lipinski definition) is 3. The molecular weight excluding hydrogens is 396 g/mol. The molecule has 0 saturated carbocycles. The summed E-state index contributed by atoms with van der Waals surface area (Å²) in [6.45, 7) is 3.98. The molecule has 0 aromatic carbocycles. The number of halogens is 2. The molecule has 162 valence electrons. The Morgan fingerprint density at radius 1 is 1.37 bits per heavy atom. The van der Waals surface area contributed by atoms with Gasteiger partial charge in [-0.25, -0.2) is 8.78 Å². The number of likely N-dealkylation sites (tertiary alicyclic amines) is 1. The van der Waals surface area contributed by atoms with Crippen LogP contribution in [0.5, 0.6) is 0 Å². The van der Waals surface area contributed by atoms with E-state index < -0.39 is 43.3 Å². The van der Waals surface area contributed by atoms with Crippen molar-refractivity contribution >= 4 is 17.5 Å². The standard InChI is InChI=1S/C19H25F2N7O2/c20-19(21)9-14(10-22)28(13-19)17(29)12-26-18(30)15-1-2-24-11-16(15)25-5-8-27-6-3-23-4-7-27/h1-2,11,14,23,25H,3-9,12-13H2,(H,26,30)/t14-/m0/s1. The number of nitrogens with zero attached hydrogens (tertiary/aromatic N) is 4. The number of rotatable bonds is 7. The first kappa shape index (κ1) is 21.9. The summed E-state index contributed by atoms with van der Waals surface area (Å²) in [4.78, 5) is 32.0. The maximum atomic E-state index is 13.5. The zero-order chi connectivity index (χ0) is 21.6. The molecule has 0 bridgehead atoms. The molecule has 11 heteroatoms. The van der Waals surface area contributed by atoms with Crippen LogP contribution in [-0.2, 0) is 4.79 Å². The lowest BCUT2D eigenvalue weighted by Gasteiger charge is -2.27. The third-order valence-corrected chi connectivity index (χ3v) is 5.16. The summed E-state index contributed by atoms with van der Waals surface area (Å²) in [5, 5.41) is 17.9. The zero-order valence-electron chi connectivity index (χ0n) is 16.5. The average Bonchev–Trinajstić information content (AvgIpc) is 3.07. The predicted octanol–water partition coefficient (Wildman–Crippen LogP) is -0.112. The fourth-order valence-electron chi connectivity index (χ4n) is 3.56. The molecule has 0 spiro atoms. The minimum Gasteiger partial charge on any atom is -0.382 e. The van der Waals surface area contributed by atoms with Crippen molar-refractivity contribution in [3.63, 3.8) is 0 Å². The number of aromatic nitrogens is 1. The molecule has 2 saturated heterocycles. The molecule has 1 atom stereocenters. The molecule has 2 amide bonds. The van der Waals surface area contributed by atoms with Crippen LogP contribution in [-0.4, -0.2) is 90.9 Å². The van der Waals surface area contributed by atoms with Crippen molar-refractivity contribution in [1.29, 1.82) is 5.26 Å². The van der Waals surface area contributed by atoms with Crippen LogP contribution in [0.4, 0.5) is 14.5 Å². The smallest absolute Gasteiger partial charge is 0.268 e. The van der Waals surface area contributed by atoms with Crippen molar-refractivity contribution in [3.05, 3.63) is 24.0 Å². The number of pyridine rings is 1. The van der Waals surface area contributed by atoms with Crippen LogP contribution in [0, 0.1) is 11.3 Å². The molecular formula is C19H25F2N7O2. The number of alkyl halides is 2. The van der Waals surface area contributed by atoms with Gasteiger partial charge in [-0.05, 0) is 6.07 Å². The number of hydrogen-bond acceptors (Lipinski definition) is 7. The molecule has 1 aromatic heterocycles. The summed E-state index contributed by atoms with van der Waals surface area (Å²) in [5.41, 5.74) is 0.835. The van der Waals surface area contributed by atoms with E-state index in [1.807, 2.05) is 0 Å². The van der Waals surface area contributed by atoms with E-state index in [9.17, 15) is 18.4 Å². The van der Waals surface area contributed by atoms with Gasteiger partial charge in [-0.3, -0.25) is 19.5 Å². The van der Waals surface area contributed by atoms with Gasteiger partial charge < -0.3 is 20.9 Å². The summed E-state index contributed by atoms with van der Waals surface area (Å²) in [6, 6.07) is 2.05. The molecule has 1 aromatic rings. The number of carbonyl (C=O) groups is 2. The van der Waals surface area contributed by atoms with Gasteiger partial charge in [0.05, 0.1) is 36.6 Å². The third-order valence-electron chi connectivity index (χ3n) is 5.16. The van der Waals surface area contributed by atoms with Crippen molar-refractivity contribution < 1.29 is 18.4 Å². The highest BCUT2D eigenvalue weighted by molar-refractivity contribution is 6.00. The molecule has 2 aliphatic rings. The van der Waals surface area contributed by atoms with Gasteiger partial charge in [0.1, 0.15) is 6.04 Å². The molecule has 3 N–H and O–H groups in total. The highest BCUT2D eigenvalue weighted by Gasteiger charge is 2.47. The second-order valence-electron chi connectivity index (χ2n) is 7.35. The lowest BCUT2D eigenvalue weighted by molar-refractivity contribution is -0.131. The van der Waals surface area contributed by atoms with Crippen LogP contribution >= 0.6 is 0 Å². The molecule has 3 heterocycles. The van der Waals surface area contributed by atoms with E-state index in [-0.39, 0.29) is 0 Å². The summed E-state index contributed by atoms with van der Waals surface area (Å²) < 4.78 is 27.0. The Labute approximate surface area is 173 Å². The first-order chi connectivity index (χ1) is 14.4. The van der Waals surface area contributed by atoms with Gasteiger partial charge >= 0.3 is 0 Å². The van der Waals surface area contributed by atoms with E-state index >= 15 is 0 Å². The minimum absolute atomic E-state index is 0.307. The van der Waals surface area contributed by atoms with Gasteiger partial charge in [0.15, 0.2) is 0 Å². The highest BCUT2D eigenvalue weighted by atomic mass is 19.3. The van der Waals surface area contributed by atoms with Crippen LogP contribution in [0.3, 0.4) is 0 Å². The van der Waals surface area contributed by atoms with Crippen molar-refractivity contribution in [2.45, 2.75) is 18.4 Å². The Kier molecular flexibility index (Phi) is 7.12. The van der Waals surface area contributed by atoms with Crippen LogP contribution in [0.1, 0.15) is 16.8 Å². The largest absolute Gasteiger partial charge is 0.382 e. The number of anilines is 1. The van der Waals surface area contributed by atoms with Crippen LogP contribution in [0.25, 0.3) is 0 Å². The molecule has 2 aliphatic heterocycles. The quantitative estimate of drug-likeness (QED) is 0.563. The van der Waals surface area contributed by atoms with Crippen LogP contribution in [0.15, 0.2) is 18.5 Å². The second-order valence-corrected chi connectivity index (χ2v) is 7.35. The van der Waals surface area contributed by atoms with Crippen LogP contribution in [0.2, 0.25) is 0 Å². The topological polar surface area (TPSA) is 113 Å². The number of nitrogens with one attached hydrogen (secondary N) is 3. The van der Waals surface area contributed by atoms with Gasteiger partial charge in [0, 0.05) is 51.9 Å².